The van der Waals surface area contributed by atoms with Gasteiger partial charge in [0.15, 0.2) is 0 Å². The van der Waals surface area contributed by atoms with Crippen LogP contribution in [0.5, 0.6) is 0 Å². The average molecular weight is 233 g/mol. The molecular weight excluding hydrogens is 210 g/mol. The second-order valence-corrected chi connectivity index (χ2v) is 5.72. The molecule has 0 aliphatic carbocycles. The van der Waals surface area contributed by atoms with Gasteiger partial charge in [0.25, 0.3) is 0 Å². The lowest BCUT2D eigenvalue weighted by Gasteiger charge is -2.20. The van der Waals surface area contributed by atoms with Crippen LogP contribution in [0.2, 0.25) is 0 Å². The zero-order valence-electron chi connectivity index (χ0n) is 11.3. The van der Waals surface area contributed by atoms with Crippen molar-refractivity contribution < 1.29 is 4.79 Å². The molecule has 0 saturated heterocycles. The van der Waals surface area contributed by atoms with E-state index in [1.54, 1.807) is 6.92 Å². The van der Waals surface area contributed by atoms with Gasteiger partial charge in [-0.3, -0.25) is 0 Å². The Balaban J connectivity index is 2.70. The summed E-state index contributed by atoms with van der Waals surface area (Å²) in [6.07, 6.45) is 1.28. The molecule has 0 fully saturated rings. The summed E-state index contributed by atoms with van der Waals surface area (Å²) in [5.41, 5.74) is 8.63. The van der Waals surface area contributed by atoms with Gasteiger partial charge in [-0.05, 0) is 29.9 Å². The fraction of sp³-hybridized carbons (Fsp3) is 0.533. The third kappa shape index (κ3) is 4.31. The fourth-order valence-electron chi connectivity index (χ4n) is 1.76. The van der Waals surface area contributed by atoms with Crippen molar-refractivity contribution in [3.63, 3.8) is 0 Å². The van der Waals surface area contributed by atoms with Crippen LogP contribution in [0.1, 0.15) is 57.7 Å². The summed E-state index contributed by atoms with van der Waals surface area (Å²) in [4.78, 5) is 10.9. The molecule has 0 saturated carbocycles. The van der Waals surface area contributed by atoms with Crippen molar-refractivity contribution >= 4 is 5.78 Å². The SMILES string of the molecule is CC(=O)CCC(N)c1ccc(C(C)(C)C)cc1. The van der Waals surface area contributed by atoms with E-state index in [2.05, 4.69) is 45.0 Å². The van der Waals surface area contributed by atoms with E-state index < -0.39 is 0 Å². The number of carbonyl (C=O) groups is 1. The van der Waals surface area contributed by atoms with Crippen LogP contribution in [0.25, 0.3) is 0 Å². The summed E-state index contributed by atoms with van der Waals surface area (Å²) >= 11 is 0. The van der Waals surface area contributed by atoms with Gasteiger partial charge in [0.1, 0.15) is 5.78 Å². The zero-order chi connectivity index (χ0) is 13.1. The number of ketones is 1. The maximum absolute atomic E-state index is 10.9. The van der Waals surface area contributed by atoms with E-state index in [0.717, 1.165) is 12.0 Å². The van der Waals surface area contributed by atoms with Gasteiger partial charge < -0.3 is 10.5 Å². The number of hydrogen-bond acceptors (Lipinski definition) is 2. The Kier molecular flexibility index (Phi) is 4.47. The molecule has 0 aromatic heterocycles. The summed E-state index contributed by atoms with van der Waals surface area (Å²) < 4.78 is 0. The van der Waals surface area contributed by atoms with E-state index in [1.165, 1.54) is 5.56 Å². The molecule has 0 aliphatic rings. The largest absolute Gasteiger partial charge is 0.324 e. The molecule has 0 spiro atoms. The van der Waals surface area contributed by atoms with Crippen LogP contribution in [0, 0.1) is 0 Å². The Morgan fingerprint density at radius 1 is 1.24 bits per heavy atom. The lowest BCUT2D eigenvalue weighted by atomic mass is 9.86. The topological polar surface area (TPSA) is 43.1 Å². The molecule has 2 heteroatoms. The number of nitrogens with two attached hydrogens (primary N) is 1. The van der Waals surface area contributed by atoms with Gasteiger partial charge in [-0.1, -0.05) is 45.0 Å². The Morgan fingerprint density at radius 2 is 1.76 bits per heavy atom. The van der Waals surface area contributed by atoms with E-state index in [9.17, 15) is 4.79 Å². The highest BCUT2D eigenvalue weighted by atomic mass is 16.1. The lowest BCUT2D eigenvalue weighted by Crippen LogP contribution is -2.14. The van der Waals surface area contributed by atoms with E-state index in [0.29, 0.717) is 6.42 Å². The van der Waals surface area contributed by atoms with E-state index in [-0.39, 0.29) is 17.2 Å². The third-order valence-electron chi connectivity index (χ3n) is 3.01. The summed E-state index contributed by atoms with van der Waals surface area (Å²) in [6, 6.07) is 8.37. The summed E-state index contributed by atoms with van der Waals surface area (Å²) in [7, 11) is 0. The second kappa shape index (κ2) is 5.46. The first-order chi connectivity index (χ1) is 7.80. The number of Topliss-reactive ketones (excluding diaryl/α,β-unsaturated/α-hetero) is 1. The van der Waals surface area contributed by atoms with Gasteiger partial charge >= 0.3 is 0 Å². The van der Waals surface area contributed by atoms with Gasteiger partial charge in [0.2, 0.25) is 0 Å². The second-order valence-electron chi connectivity index (χ2n) is 5.72. The predicted molar refractivity (Wildman–Crippen MR) is 72.0 cm³/mol. The van der Waals surface area contributed by atoms with Crippen LogP contribution in [0.15, 0.2) is 24.3 Å². The third-order valence-corrected chi connectivity index (χ3v) is 3.01. The number of hydrogen-bond donors (Lipinski definition) is 1. The Labute approximate surface area is 104 Å². The van der Waals surface area contributed by atoms with Crippen molar-refractivity contribution in [3.05, 3.63) is 35.4 Å². The number of benzene rings is 1. The smallest absolute Gasteiger partial charge is 0.129 e. The molecular formula is C15H23NO. The maximum atomic E-state index is 10.9. The molecule has 1 unspecified atom stereocenters. The van der Waals surface area contributed by atoms with Crippen LogP contribution in [-0.4, -0.2) is 5.78 Å². The standard InChI is InChI=1S/C15H23NO/c1-11(17)5-10-14(16)12-6-8-13(9-7-12)15(2,3)4/h6-9,14H,5,10,16H2,1-4H3. The van der Waals surface area contributed by atoms with Crippen molar-refractivity contribution in [1.29, 1.82) is 0 Å². The molecule has 0 radical (unpaired) electrons. The molecule has 1 aromatic carbocycles. The average Bonchev–Trinajstić information content (AvgIpc) is 2.25. The molecule has 17 heavy (non-hydrogen) atoms. The monoisotopic (exact) mass is 233 g/mol. The fourth-order valence-corrected chi connectivity index (χ4v) is 1.76. The van der Waals surface area contributed by atoms with Gasteiger partial charge in [-0.25, -0.2) is 0 Å². The van der Waals surface area contributed by atoms with Crippen molar-refractivity contribution in [2.45, 2.75) is 52.0 Å². The Bertz CT molecular complexity index is 373. The molecule has 0 bridgehead atoms. The van der Waals surface area contributed by atoms with E-state index >= 15 is 0 Å². The first kappa shape index (κ1) is 13.9. The summed E-state index contributed by atoms with van der Waals surface area (Å²) in [5.74, 6) is 0.201. The zero-order valence-corrected chi connectivity index (χ0v) is 11.3. The normalized spacial score (nSPS) is 13.5. The summed E-state index contributed by atoms with van der Waals surface area (Å²) in [5, 5.41) is 0. The number of rotatable bonds is 4. The quantitative estimate of drug-likeness (QED) is 0.866. The lowest BCUT2D eigenvalue weighted by molar-refractivity contribution is -0.117. The molecule has 2 N–H and O–H groups in total. The van der Waals surface area contributed by atoms with Crippen LogP contribution >= 0.6 is 0 Å². The minimum Gasteiger partial charge on any atom is -0.324 e. The Hall–Kier alpha value is -1.15. The Morgan fingerprint density at radius 3 is 2.18 bits per heavy atom. The minimum absolute atomic E-state index is 0.0343. The van der Waals surface area contributed by atoms with Gasteiger partial charge in [0, 0.05) is 12.5 Å². The molecule has 94 valence electrons. The molecule has 0 aliphatic heterocycles. The molecule has 1 aromatic rings. The molecule has 0 amide bonds. The molecule has 1 atom stereocenters. The first-order valence-electron chi connectivity index (χ1n) is 6.16. The van der Waals surface area contributed by atoms with Crippen molar-refractivity contribution in [2.75, 3.05) is 0 Å². The van der Waals surface area contributed by atoms with Crippen LogP contribution in [-0.2, 0) is 10.2 Å². The van der Waals surface area contributed by atoms with Crippen molar-refractivity contribution in [2.24, 2.45) is 5.73 Å². The molecule has 2 nitrogen and oxygen atoms in total. The predicted octanol–water partition coefficient (Wildman–Crippen LogP) is 3.35. The van der Waals surface area contributed by atoms with Crippen molar-refractivity contribution in [1.82, 2.24) is 0 Å². The summed E-state index contributed by atoms with van der Waals surface area (Å²) in [6.45, 7) is 8.18. The highest BCUT2D eigenvalue weighted by Crippen LogP contribution is 2.24. The highest BCUT2D eigenvalue weighted by Gasteiger charge is 2.14. The van der Waals surface area contributed by atoms with Crippen molar-refractivity contribution in [3.8, 4) is 0 Å². The van der Waals surface area contributed by atoms with Crippen LogP contribution in [0.4, 0.5) is 0 Å². The first-order valence-corrected chi connectivity index (χ1v) is 6.16. The number of carbonyl (C=O) groups excluding carboxylic acids is 1. The minimum atomic E-state index is -0.0343. The van der Waals surface area contributed by atoms with Gasteiger partial charge in [0.05, 0.1) is 0 Å². The van der Waals surface area contributed by atoms with E-state index in [4.69, 9.17) is 5.73 Å². The molecule has 0 heterocycles. The van der Waals surface area contributed by atoms with Gasteiger partial charge in [-0.2, -0.15) is 0 Å². The maximum Gasteiger partial charge on any atom is 0.129 e. The molecule has 1 rings (SSSR count). The van der Waals surface area contributed by atoms with E-state index in [1.807, 2.05) is 0 Å². The van der Waals surface area contributed by atoms with Crippen LogP contribution in [0.3, 0.4) is 0 Å². The highest BCUT2D eigenvalue weighted by molar-refractivity contribution is 5.75. The van der Waals surface area contributed by atoms with Gasteiger partial charge in [-0.15, -0.1) is 0 Å². The van der Waals surface area contributed by atoms with Crippen LogP contribution < -0.4 is 5.73 Å².